The minimum Gasteiger partial charge on any atom is -0.475 e. The van der Waals surface area contributed by atoms with E-state index >= 15 is 4.39 Å². The standard InChI is InChI=1S/C27H29Cl2F2N3O4/c1-26(2,3)13-20-27(32,17-8-7-16(29)12-18(17)31)22(15(14-30)6-4-5-11-28)23(33-20)24(35)34-21-10-9-19(38-21)25(36)37/h4-12,14,20,22-23,33H,13,32H2,1-3H3,(H,34,35)(H,36,37)/b6-4-,11-5+,15-14-/t20-,22-,23+,27+/m0/s1. The molecule has 0 spiro atoms. The zero-order chi connectivity index (χ0) is 28.3. The molecule has 0 unspecified atom stereocenters. The normalized spacial score (nSPS) is 24.4. The Kier molecular flexibility index (Phi) is 9.20. The van der Waals surface area contributed by atoms with Crippen LogP contribution in [0.5, 0.6) is 0 Å². The minimum atomic E-state index is -1.62. The van der Waals surface area contributed by atoms with Crippen LogP contribution in [0.25, 0.3) is 0 Å². The Morgan fingerprint density at radius 2 is 1.97 bits per heavy atom. The first kappa shape index (κ1) is 29.6. The van der Waals surface area contributed by atoms with E-state index in [9.17, 15) is 14.0 Å². The number of nitrogens with two attached hydrogens (primary N) is 1. The Morgan fingerprint density at radius 1 is 1.26 bits per heavy atom. The lowest BCUT2D eigenvalue weighted by molar-refractivity contribution is -0.118. The van der Waals surface area contributed by atoms with Gasteiger partial charge in [0.25, 0.3) is 0 Å². The van der Waals surface area contributed by atoms with Gasteiger partial charge in [-0.1, -0.05) is 68.3 Å². The van der Waals surface area contributed by atoms with Gasteiger partial charge in [0.05, 0.1) is 17.9 Å². The number of nitrogens with one attached hydrogen (secondary N) is 2. The van der Waals surface area contributed by atoms with Gasteiger partial charge in [-0.2, -0.15) is 0 Å². The third-order valence-electron chi connectivity index (χ3n) is 6.32. The first-order valence-electron chi connectivity index (χ1n) is 11.7. The molecular weight excluding hydrogens is 539 g/mol. The van der Waals surface area contributed by atoms with Crippen molar-refractivity contribution in [1.82, 2.24) is 5.32 Å². The molecule has 1 aliphatic rings. The van der Waals surface area contributed by atoms with Gasteiger partial charge in [-0.15, -0.1) is 0 Å². The second-order valence-electron chi connectivity index (χ2n) is 10.2. The molecule has 0 bridgehead atoms. The molecule has 5 N–H and O–H groups in total. The number of aromatic carboxylic acids is 1. The molecule has 0 saturated carbocycles. The molecule has 3 rings (SSSR count). The summed E-state index contributed by atoms with van der Waals surface area (Å²) in [6.07, 6.45) is 5.02. The number of carboxylic acid groups (broad SMARTS) is 1. The van der Waals surface area contributed by atoms with Crippen LogP contribution >= 0.6 is 23.2 Å². The van der Waals surface area contributed by atoms with Gasteiger partial charge in [-0.25, -0.2) is 13.6 Å². The van der Waals surface area contributed by atoms with Crippen LogP contribution in [0.2, 0.25) is 5.02 Å². The summed E-state index contributed by atoms with van der Waals surface area (Å²) in [6.45, 7) is 5.88. The van der Waals surface area contributed by atoms with Gasteiger partial charge in [-0.3, -0.25) is 10.1 Å². The van der Waals surface area contributed by atoms with Crippen molar-refractivity contribution in [3.8, 4) is 0 Å². The first-order chi connectivity index (χ1) is 17.8. The number of amides is 1. The molecule has 1 aromatic carbocycles. The maximum absolute atomic E-state index is 15.4. The van der Waals surface area contributed by atoms with Gasteiger partial charge in [0.2, 0.25) is 17.6 Å². The summed E-state index contributed by atoms with van der Waals surface area (Å²) < 4.78 is 35.1. The quantitative estimate of drug-likeness (QED) is 0.285. The van der Waals surface area contributed by atoms with E-state index in [2.05, 4.69) is 10.6 Å². The molecule has 11 heteroatoms. The molecule has 0 radical (unpaired) electrons. The fourth-order valence-corrected chi connectivity index (χ4v) is 5.05. The highest BCUT2D eigenvalue weighted by atomic mass is 35.5. The van der Waals surface area contributed by atoms with Crippen LogP contribution in [0.4, 0.5) is 14.7 Å². The van der Waals surface area contributed by atoms with Gasteiger partial charge in [0.1, 0.15) is 5.82 Å². The number of carbonyl (C=O) groups excluding carboxylic acids is 1. The summed E-state index contributed by atoms with van der Waals surface area (Å²) in [4.78, 5) is 24.7. The van der Waals surface area contributed by atoms with Crippen molar-refractivity contribution in [2.45, 2.75) is 44.8 Å². The lowest BCUT2D eigenvalue weighted by atomic mass is 9.68. The monoisotopic (exact) mass is 567 g/mol. The molecule has 1 amide bonds. The third kappa shape index (κ3) is 6.35. The van der Waals surface area contributed by atoms with Gasteiger partial charge in [-0.05, 0) is 35.6 Å². The SMILES string of the molecule is CC(C)(C)C[C@@H]1N[C@@H](C(=O)Nc2ccc(C(=O)O)o2)[C@H](C(/C=C\C=C\Cl)=C\F)[C@@]1(N)c1ccc(Cl)cc1F. The Morgan fingerprint density at radius 3 is 2.53 bits per heavy atom. The molecule has 4 atom stereocenters. The molecule has 1 saturated heterocycles. The average molecular weight is 568 g/mol. The highest BCUT2D eigenvalue weighted by Crippen LogP contribution is 2.47. The molecule has 2 heterocycles. The number of benzene rings is 1. The zero-order valence-electron chi connectivity index (χ0n) is 21.0. The topological polar surface area (TPSA) is 118 Å². The van der Waals surface area contributed by atoms with E-state index in [4.69, 9.17) is 38.5 Å². The van der Waals surface area contributed by atoms with Crippen molar-refractivity contribution >= 4 is 41.0 Å². The second kappa shape index (κ2) is 11.8. The van der Waals surface area contributed by atoms with Crippen molar-refractivity contribution in [2.24, 2.45) is 17.1 Å². The van der Waals surface area contributed by atoms with Crippen molar-refractivity contribution in [1.29, 1.82) is 0 Å². The van der Waals surface area contributed by atoms with Crippen LogP contribution in [0.1, 0.15) is 43.3 Å². The number of allylic oxidation sites excluding steroid dienone is 3. The lowest BCUT2D eigenvalue weighted by Crippen LogP contribution is -2.53. The van der Waals surface area contributed by atoms with Gasteiger partial charge in [0, 0.05) is 34.1 Å². The molecule has 1 fully saturated rings. The number of hydrogen-bond donors (Lipinski definition) is 4. The van der Waals surface area contributed by atoms with Gasteiger partial charge < -0.3 is 20.6 Å². The highest BCUT2D eigenvalue weighted by molar-refractivity contribution is 6.30. The predicted molar refractivity (Wildman–Crippen MR) is 143 cm³/mol. The van der Waals surface area contributed by atoms with Crippen LogP contribution in [-0.4, -0.2) is 29.1 Å². The predicted octanol–water partition coefficient (Wildman–Crippen LogP) is 6.12. The fourth-order valence-electron chi connectivity index (χ4n) is 4.81. The molecule has 0 aliphatic carbocycles. The third-order valence-corrected chi connectivity index (χ3v) is 6.70. The highest BCUT2D eigenvalue weighted by Gasteiger charge is 2.58. The van der Waals surface area contributed by atoms with E-state index in [1.54, 1.807) is 0 Å². The number of hydrogen-bond acceptors (Lipinski definition) is 5. The molecule has 1 aliphatic heterocycles. The average Bonchev–Trinajstić information content (AvgIpc) is 3.39. The van der Waals surface area contributed by atoms with Crippen molar-refractivity contribution in [3.63, 3.8) is 0 Å². The largest absolute Gasteiger partial charge is 0.475 e. The van der Waals surface area contributed by atoms with E-state index in [1.165, 1.54) is 48.0 Å². The number of halogens is 4. The summed E-state index contributed by atoms with van der Waals surface area (Å²) in [5.74, 6) is -4.32. The van der Waals surface area contributed by atoms with Crippen LogP contribution in [0, 0.1) is 17.2 Å². The van der Waals surface area contributed by atoms with Gasteiger partial charge in [0.15, 0.2) is 0 Å². The molecule has 1 aromatic heterocycles. The fraction of sp³-hybridized carbons (Fsp3) is 0.333. The maximum Gasteiger partial charge on any atom is 0.371 e. The number of anilines is 1. The van der Waals surface area contributed by atoms with E-state index < -0.39 is 41.2 Å². The van der Waals surface area contributed by atoms with Crippen molar-refractivity contribution in [3.05, 3.63) is 88.2 Å². The van der Waals surface area contributed by atoms with E-state index in [0.717, 1.165) is 6.07 Å². The van der Waals surface area contributed by atoms with Crippen molar-refractivity contribution in [2.75, 3.05) is 5.32 Å². The van der Waals surface area contributed by atoms with E-state index in [-0.39, 0.29) is 33.2 Å². The number of rotatable bonds is 8. The van der Waals surface area contributed by atoms with Crippen molar-refractivity contribution < 1.29 is 27.9 Å². The van der Waals surface area contributed by atoms with E-state index in [1.807, 2.05) is 20.8 Å². The molecular formula is C27H29Cl2F2N3O4. The number of furan rings is 1. The Hall–Kier alpha value is -2.98. The molecule has 2 aromatic rings. The van der Waals surface area contributed by atoms with Crippen LogP contribution in [0.3, 0.4) is 0 Å². The summed E-state index contributed by atoms with van der Waals surface area (Å²) in [5.41, 5.74) is 6.40. The smallest absolute Gasteiger partial charge is 0.371 e. The Balaban J connectivity index is 2.18. The number of carboxylic acids is 1. The maximum atomic E-state index is 15.4. The molecule has 7 nitrogen and oxygen atoms in total. The number of carbonyl (C=O) groups is 2. The minimum absolute atomic E-state index is 0.00588. The molecule has 38 heavy (non-hydrogen) atoms. The summed E-state index contributed by atoms with van der Waals surface area (Å²) in [5, 5.41) is 15.0. The second-order valence-corrected chi connectivity index (χ2v) is 10.9. The van der Waals surface area contributed by atoms with Crippen LogP contribution < -0.4 is 16.4 Å². The van der Waals surface area contributed by atoms with E-state index in [0.29, 0.717) is 12.8 Å². The first-order valence-corrected chi connectivity index (χ1v) is 12.5. The summed E-state index contributed by atoms with van der Waals surface area (Å²) >= 11 is 11.6. The summed E-state index contributed by atoms with van der Waals surface area (Å²) in [6, 6.07) is 4.63. The summed E-state index contributed by atoms with van der Waals surface area (Å²) in [7, 11) is 0. The Labute approximate surface area is 229 Å². The molecule has 204 valence electrons. The lowest BCUT2D eigenvalue weighted by Gasteiger charge is -2.39. The van der Waals surface area contributed by atoms with Crippen LogP contribution in [0.15, 0.2) is 70.4 Å². The van der Waals surface area contributed by atoms with Gasteiger partial charge >= 0.3 is 5.97 Å². The Bertz CT molecular complexity index is 1290. The van der Waals surface area contributed by atoms with Crippen LogP contribution in [-0.2, 0) is 10.3 Å². The zero-order valence-corrected chi connectivity index (χ0v) is 22.5.